The highest BCUT2D eigenvalue weighted by molar-refractivity contribution is 5.77. The predicted molar refractivity (Wildman–Crippen MR) is 65.4 cm³/mol. The number of carboxylic acid groups (broad SMARTS) is 1. The van der Waals surface area contributed by atoms with Crippen molar-refractivity contribution in [3.05, 3.63) is 18.3 Å². The Morgan fingerprint density at radius 3 is 2.63 bits per heavy atom. The highest BCUT2D eigenvalue weighted by atomic mass is 19.3. The molecule has 5 nitrogen and oxygen atoms in total. The summed E-state index contributed by atoms with van der Waals surface area (Å²) in [7, 11) is 0. The number of hydrogen-bond acceptors (Lipinski definition) is 4. The van der Waals surface area contributed by atoms with E-state index in [1.165, 1.54) is 12.1 Å². The third-order valence-corrected chi connectivity index (χ3v) is 2.74. The lowest BCUT2D eigenvalue weighted by Crippen LogP contribution is -2.35. The summed E-state index contributed by atoms with van der Waals surface area (Å²) in [5.74, 6) is -0.842. The fourth-order valence-electron chi connectivity index (χ4n) is 1.48. The molecule has 1 aromatic rings. The van der Waals surface area contributed by atoms with Crippen LogP contribution >= 0.6 is 0 Å². The van der Waals surface area contributed by atoms with Gasteiger partial charge < -0.3 is 15.2 Å². The van der Waals surface area contributed by atoms with Gasteiger partial charge in [0.1, 0.15) is 17.6 Å². The van der Waals surface area contributed by atoms with Crippen LogP contribution in [0.1, 0.15) is 20.3 Å². The first-order valence-corrected chi connectivity index (χ1v) is 5.84. The fraction of sp³-hybridized carbons (Fsp3) is 0.500. The molecule has 0 amide bonds. The first-order chi connectivity index (χ1) is 8.93. The number of ether oxygens (including phenoxy) is 1. The molecule has 2 atom stereocenters. The Bertz CT molecular complexity index is 412. The monoisotopic (exact) mass is 274 g/mol. The SMILES string of the molecule is CC[C@H](C)[C@H](Nc1ccc(OC(F)F)cn1)C(=O)O. The van der Waals surface area contributed by atoms with Crippen LogP contribution in [0.4, 0.5) is 14.6 Å². The Morgan fingerprint density at radius 2 is 2.21 bits per heavy atom. The molecular weight excluding hydrogens is 258 g/mol. The minimum atomic E-state index is -2.91. The topological polar surface area (TPSA) is 71.5 Å². The van der Waals surface area contributed by atoms with E-state index in [4.69, 9.17) is 5.11 Å². The van der Waals surface area contributed by atoms with Crippen LogP contribution in [0.2, 0.25) is 0 Å². The molecular formula is C12H16F2N2O3. The molecule has 0 unspecified atom stereocenters. The van der Waals surface area contributed by atoms with Gasteiger partial charge in [-0.2, -0.15) is 8.78 Å². The van der Waals surface area contributed by atoms with E-state index in [0.29, 0.717) is 12.2 Å². The minimum Gasteiger partial charge on any atom is -0.480 e. The zero-order valence-corrected chi connectivity index (χ0v) is 10.6. The van der Waals surface area contributed by atoms with Gasteiger partial charge in [-0.1, -0.05) is 20.3 Å². The van der Waals surface area contributed by atoms with Crippen LogP contribution in [-0.4, -0.2) is 28.7 Å². The summed E-state index contributed by atoms with van der Waals surface area (Å²) in [4.78, 5) is 14.9. The third-order valence-electron chi connectivity index (χ3n) is 2.74. The highest BCUT2D eigenvalue weighted by Crippen LogP contribution is 2.17. The molecule has 106 valence electrons. The molecule has 0 aliphatic heterocycles. The van der Waals surface area contributed by atoms with E-state index in [1.54, 1.807) is 6.92 Å². The van der Waals surface area contributed by atoms with E-state index in [1.807, 2.05) is 6.92 Å². The molecule has 0 aliphatic rings. The van der Waals surface area contributed by atoms with Crippen LogP contribution in [0.3, 0.4) is 0 Å². The Balaban J connectivity index is 2.72. The number of aromatic nitrogens is 1. The lowest BCUT2D eigenvalue weighted by atomic mass is 9.99. The summed E-state index contributed by atoms with van der Waals surface area (Å²) in [6.07, 6.45) is 1.81. The quantitative estimate of drug-likeness (QED) is 0.799. The van der Waals surface area contributed by atoms with E-state index in [2.05, 4.69) is 15.0 Å². The van der Waals surface area contributed by atoms with E-state index < -0.39 is 18.6 Å². The van der Waals surface area contributed by atoms with Gasteiger partial charge >= 0.3 is 12.6 Å². The molecule has 0 spiro atoms. The van der Waals surface area contributed by atoms with Crippen LogP contribution in [-0.2, 0) is 4.79 Å². The Hall–Kier alpha value is -1.92. The van der Waals surface area contributed by atoms with E-state index in [-0.39, 0.29) is 11.7 Å². The van der Waals surface area contributed by atoms with Crippen molar-refractivity contribution < 1.29 is 23.4 Å². The van der Waals surface area contributed by atoms with Gasteiger partial charge in [0, 0.05) is 0 Å². The normalized spacial score (nSPS) is 13.9. The van der Waals surface area contributed by atoms with Crippen LogP contribution < -0.4 is 10.1 Å². The molecule has 19 heavy (non-hydrogen) atoms. The van der Waals surface area contributed by atoms with Gasteiger partial charge in [-0.05, 0) is 18.1 Å². The van der Waals surface area contributed by atoms with Gasteiger partial charge in [0.05, 0.1) is 6.20 Å². The van der Waals surface area contributed by atoms with Crippen LogP contribution in [0.5, 0.6) is 5.75 Å². The average Bonchev–Trinajstić information content (AvgIpc) is 2.36. The van der Waals surface area contributed by atoms with E-state index in [0.717, 1.165) is 6.20 Å². The lowest BCUT2D eigenvalue weighted by Gasteiger charge is -2.20. The van der Waals surface area contributed by atoms with Crippen molar-refractivity contribution >= 4 is 11.8 Å². The summed E-state index contributed by atoms with van der Waals surface area (Å²) < 4.78 is 28.0. The van der Waals surface area contributed by atoms with Gasteiger partial charge in [-0.25, -0.2) is 9.78 Å². The predicted octanol–water partition coefficient (Wildman–Crippen LogP) is 2.59. The molecule has 0 bridgehead atoms. The molecule has 2 N–H and O–H groups in total. The summed E-state index contributed by atoms with van der Waals surface area (Å²) in [5.41, 5.74) is 0. The number of hydrogen-bond donors (Lipinski definition) is 2. The number of carbonyl (C=O) groups is 1. The number of nitrogens with one attached hydrogen (secondary N) is 1. The van der Waals surface area contributed by atoms with Gasteiger partial charge in [0.15, 0.2) is 0 Å². The largest absolute Gasteiger partial charge is 0.480 e. The zero-order chi connectivity index (χ0) is 14.4. The number of halogens is 2. The Kier molecular flexibility index (Phi) is 5.47. The fourth-order valence-corrected chi connectivity index (χ4v) is 1.48. The number of pyridine rings is 1. The summed E-state index contributed by atoms with van der Waals surface area (Å²) in [6, 6.07) is 1.92. The molecule has 0 saturated carbocycles. The van der Waals surface area contributed by atoms with E-state index in [9.17, 15) is 13.6 Å². The Morgan fingerprint density at radius 1 is 1.53 bits per heavy atom. The lowest BCUT2D eigenvalue weighted by molar-refractivity contribution is -0.139. The molecule has 0 radical (unpaired) electrons. The second-order valence-electron chi connectivity index (χ2n) is 4.10. The molecule has 1 rings (SSSR count). The van der Waals surface area contributed by atoms with Crippen molar-refractivity contribution in [1.82, 2.24) is 4.98 Å². The summed E-state index contributed by atoms with van der Waals surface area (Å²) >= 11 is 0. The number of aliphatic carboxylic acids is 1. The molecule has 7 heteroatoms. The molecule has 1 aromatic heterocycles. The zero-order valence-electron chi connectivity index (χ0n) is 10.6. The first kappa shape index (κ1) is 15.1. The van der Waals surface area contributed by atoms with Crippen molar-refractivity contribution in [1.29, 1.82) is 0 Å². The molecule has 0 saturated heterocycles. The summed E-state index contributed by atoms with van der Waals surface area (Å²) in [5, 5.41) is 11.9. The van der Waals surface area contributed by atoms with Gasteiger partial charge in [-0.15, -0.1) is 0 Å². The van der Waals surface area contributed by atoms with Gasteiger partial charge in [0.2, 0.25) is 0 Å². The third kappa shape index (κ3) is 4.69. The maximum Gasteiger partial charge on any atom is 0.387 e. The van der Waals surface area contributed by atoms with Crippen molar-refractivity contribution in [3.63, 3.8) is 0 Å². The molecule has 1 heterocycles. The smallest absolute Gasteiger partial charge is 0.387 e. The number of rotatable bonds is 7. The number of alkyl halides is 2. The molecule has 0 aliphatic carbocycles. The van der Waals surface area contributed by atoms with Gasteiger partial charge in [-0.3, -0.25) is 0 Å². The van der Waals surface area contributed by atoms with Crippen molar-refractivity contribution in [2.24, 2.45) is 5.92 Å². The van der Waals surface area contributed by atoms with Crippen LogP contribution in [0.25, 0.3) is 0 Å². The molecule has 0 aromatic carbocycles. The first-order valence-electron chi connectivity index (χ1n) is 5.84. The van der Waals surface area contributed by atoms with Crippen molar-refractivity contribution in [2.45, 2.75) is 32.9 Å². The van der Waals surface area contributed by atoms with Crippen molar-refractivity contribution in [2.75, 3.05) is 5.32 Å². The van der Waals surface area contributed by atoms with E-state index >= 15 is 0 Å². The average molecular weight is 274 g/mol. The number of anilines is 1. The maximum atomic E-state index is 11.9. The second kappa shape index (κ2) is 6.86. The van der Waals surface area contributed by atoms with Crippen molar-refractivity contribution in [3.8, 4) is 5.75 Å². The molecule has 0 fully saturated rings. The second-order valence-corrected chi connectivity index (χ2v) is 4.10. The maximum absolute atomic E-state index is 11.9. The minimum absolute atomic E-state index is 0.0732. The number of nitrogens with zero attached hydrogens (tertiary/aromatic N) is 1. The summed E-state index contributed by atoms with van der Waals surface area (Å²) in [6.45, 7) is 0.780. The standard InChI is InChI=1S/C12H16F2N2O3/c1-3-7(2)10(11(17)18)16-9-5-4-8(6-15-9)19-12(13)14/h4-7,10,12H,3H2,1-2H3,(H,15,16)(H,17,18)/t7-,10-/m0/s1. The highest BCUT2D eigenvalue weighted by Gasteiger charge is 2.23. The van der Waals surface area contributed by atoms with Gasteiger partial charge in [0.25, 0.3) is 0 Å². The Labute approximate surface area is 109 Å². The van der Waals surface area contributed by atoms with Crippen LogP contribution in [0.15, 0.2) is 18.3 Å². The van der Waals surface area contributed by atoms with Crippen LogP contribution in [0, 0.1) is 5.92 Å². The number of carboxylic acids is 1.